The van der Waals surface area contributed by atoms with Gasteiger partial charge in [0.1, 0.15) is 22.6 Å². The third kappa shape index (κ3) is 3.06. The van der Waals surface area contributed by atoms with Crippen LogP contribution < -0.4 is 15.7 Å². The SMILES string of the molecule is COc1ccccc1C(NC(C)=O)c1c(O)c2ccccc2oc1=O. The fourth-order valence-corrected chi connectivity index (χ4v) is 2.82. The largest absolute Gasteiger partial charge is 0.507 e. The van der Waals surface area contributed by atoms with Crippen LogP contribution in [0.2, 0.25) is 0 Å². The Morgan fingerprint density at radius 2 is 1.84 bits per heavy atom. The van der Waals surface area contributed by atoms with Gasteiger partial charge in [-0.3, -0.25) is 4.79 Å². The number of carbonyl (C=O) groups excluding carboxylic acids is 1. The molecule has 0 radical (unpaired) electrons. The summed E-state index contributed by atoms with van der Waals surface area (Å²) >= 11 is 0. The number of fused-ring (bicyclic) bond motifs is 1. The highest BCUT2D eigenvalue weighted by molar-refractivity contribution is 5.85. The number of carbonyl (C=O) groups is 1. The van der Waals surface area contributed by atoms with Crippen molar-refractivity contribution in [2.24, 2.45) is 0 Å². The summed E-state index contributed by atoms with van der Waals surface area (Å²) in [5, 5.41) is 13.8. The molecule has 3 rings (SSSR count). The lowest BCUT2D eigenvalue weighted by Gasteiger charge is -2.21. The molecule has 2 N–H and O–H groups in total. The molecule has 0 saturated heterocycles. The zero-order chi connectivity index (χ0) is 18.0. The van der Waals surface area contributed by atoms with E-state index in [9.17, 15) is 14.7 Å². The maximum atomic E-state index is 12.5. The number of para-hydroxylation sites is 2. The van der Waals surface area contributed by atoms with Crippen LogP contribution in [-0.4, -0.2) is 18.1 Å². The number of nitrogens with one attached hydrogen (secondary N) is 1. The Labute approximate surface area is 143 Å². The van der Waals surface area contributed by atoms with Crippen molar-refractivity contribution in [2.75, 3.05) is 7.11 Å². The Hall–Kier alpha value is -3.28. The van der Waals surface area contributed by atoms with Crippen LogP contribution in [0.5, 0.6) is 11.5 Å². The Morgan fingerprint density at radius 3 is 2.56 bits per heavy atom. The summed E-state index contributed by atoms with van der Waals surface area (Å²) in [7, 11) is 1.49. The van der Waals surface area contributed by atoms with Crippen molar-refractivity contribution in [1.82, 2.24) is 5.32 Å². The Kier molecular flexibility index (Phi) is 4.43. The number of rotatable bonds is 4. The van der Waals surface area contributed by atoms with E-state index in [-0.39, 0.29) is 22.8 Å². The van der Waals surface area contributed by atoms with Crippen molar-refractivity contribution >= 4 is 16.9 Å². The number of hydrogen-bond acceptors (Lipinski definition) is 5. The molecular weight excluding hydrogens is 322 g/mol. The minimum atomic E-state index is -0.908. The number of benzene rings is 2. The molecule has 0 aliphatic rings. The number of methoxy groups -OCH3 is 1. The maximum Gasteiger partial charge on any atom is 0.345 e. The third-order valence-electron chi connectivity index (χ3n) is 3.91. The van der Waals surface area contributed by atoms with E-state index in [1.165, 1.54) is 14.0 Å². The van der Waals surface area contributed by atoms with E-state index in [1.54, 1.807) is 48.5 Å². The highest BCUT2D eigenvalue weighted by atomic mass is 16.5. The normalized spacial score (nSPS) is 11.9. The van der Waals surface area contributed by atoms with E-state index in [2.05, 4.69) is 5.32 Å². The smallest absolute Gasteiger partial charge is 0.345 e. The second-order valence-electron chi connectivity index (χ2n) is 5.52. The molecule has 25 heavy (non-hydrogen) atoms. The molecule has 0 aliphatic carbocycles. The minimum Gasteiger partial charge on any atom is -0.507 e. The van der Waals surface area contributed by atoms with Crippen LogP contribution in [0.25, 0.3) is 11.0 Å². The summed E-state index contributed by atoms with van der Waals surface area (Å²) in [6.07, 6.45) is 0. The summed E-state index contributed by atoms with van der Waals surface area (Å²) in [5.74, 6) is -0.104. The number of amides is 1. The van der Waals surface area contributed by atoms with E-state index in [0.717, 1.165) is 0 Å². The van der Waals surface area contributed by atoms with Gasteiger partial charge in [-0.1, -0.05) is 30.3 Å². The molecule has 0 fully saturated rings. The van der Waals surface area contributed by atoms with E-state index < -0.39 is 11.7 Å². The zero-order valence-electron chi connectivity index (χ0n) is 13.8. The number of hydrogen-bond donors (Lipinski definition) is 2. The van der Waals surface area contributed by atoms with Crippen LogP contribution in [0.15, 0.2) is 57.7 Å². The molecule has 6 nitrogen and oxygen atoms in total. The highest BCUT2D eigenvalue weighted by Gasteiger charge is 2.27. The van der Waals surface area contributed by atoms with Gasteiger partial charge in [0, 0.05) is 12.5 Å². The molecule has 1 amide bonds. The number of aromatic hydroxyl groups is 1. The number of ether oxygens (including phenoxy) is 1. The summed E-state index contributed by atoms with van der Waals surface area (Å²) in [6, 6.07) is 12.7. The molecule has 1 atom stereocenters. The first kappa shape index (κ1) is 16.6. The minimum absolute atomic E-state index is 0.0431. The van der Waals surface area contributed by atoms with Crippen LogP contribution in [0.1, 0.15) is 24.1 Å². The first-order valence-corrected chi connectivity index (χ1v) is 7.67. The molecule has 2 aromatic carbocycles. The molecule has 3 aromatic rings. The first-order valence-electron chi connectivity index (χ1n) is 7.67. The lowest BCUT2D eigenvalue weighted by Crippen LogP contribution is -2.31. The molecule has 128 valence electrons. The van der Waals surface area contributed by atoms with Crippen LogP contribution in [0.3, 0.4) is 0 Å². The fraction of sp³-hybridized carbons (Fsp3) is 0.158. The van der Waals surface area contributed by atoms with E-state index in [1.807, 2.05) is 0 Å². The van der Waals surface area contributed by atoms with Gasteiger partial charge in [0.2, 0.25) is 5.91 Å². The third-order valence-corrected chi connectivity index (χ3v) is 3.91. The summed E-state index contributed by atoms with van der Waals surface area (Å²) in [5.41, 5.74) is 0.0488. The van der Waals surface area contributed by atoms with Gasteiger partial charge in [0.05, 0.1) is 18.5 Å². The standard InChI is InChI=1S/C19H17NO5/c1-11(21)20-17(12-7-3-5-9-14(12)24-2)16-18(22)13-8-4-6-10-15(13)25-19(16)23/h3-10,17,22H,1-2H3,(H,20,21). The Balaban J connectivity index is 2.29. The van der Waals surface area contributed by atoms with Crippen molar-refractivity contribution < 1.29 is 19.1 Å². The predicted octanol–water partition coefficient (Wildman–Crippen LogP) is 2.73. The molecule has 6 heteroatoms. The molecule has 0 bridgehead atoms. The molecule has 1 unspecified atom stereocenters. The first-order chi connectivity index (χ1) is 12.0. The second-order valence-corrected chi connectivity index (χ2v) is 5.52. The summed E-state index contributed by atoms with van der Waals surface area (Å²) in [4.78, 5) is 24.3. The quantitative estimate of drug-likeness (QED) is 0.714. The topological polar surface area (TPSA) is 88.8 Å². The molecular formula is C19H17NO5. The van der Waals surface area contributed by atoms with Gasteiger partial charge >= 0.3 is 5.63 Å². The summed E-state index contributed by atoms with van der Waals surface area (Å²) < 4.78 is 10.7. The van der Waals surface area contributed by atoms with Crippen molar-refractivity contribution in [3.63, 3.8) is 0 Å². The van der Waals surface area contributed by atoms with Gasteiger partial charge in [-0.05, 0) is 18.2 Å². The molecule has 1 aromatic heterocycles. The lowest BCUT2D eigenvalue weighted by atomic mass is 9.97. The zero-order valence-corrected chi connectivity index (χ0v) is 13.8. The Bertz CT molecular complexity index is 993. The van der Waals surface area contributed by atoms with E-state index >= 15 is 0 Å². The molecule has 1 heterocycles. The second kappa shape index (κ2) is 6.68. The van der Waals surface area contributed by atoms with Gasteiger partial charge in [0.15, 0.2) is 0 Å². The van der Waals surface area contributed by atoms with Crippen LogP contribution >= 0.6 is 0 Å². The fourth-order valence-electron chi connectivity index (χ4n) is 2.82. The Morgan fingerprint density at radius 1 is 1.16 bits per heavy atom. The molecule has 0 saturated carbocycles. The molecule has 0 aliphatic heterocycles. The summed E-state index contributed by atoms with van der Waals surface area (Å²) in [6.45, 7) is 1.34. The average Bonchev–Trinajstić information content (AvgIpc) is 2.60. The van der Waals surface area contributed by atoms with Crippen molar-refractivity contribution in [3.05, 3.63) is 70.1 Å². The lowest BCUT2D eigenvalue weighted by molar-refractivity contribution is -0.119. The van der Waals surface area contributed by atoms with Crippen LogP contribution in [0.4, 0.5) is 0 Å². The molecule has 0 spiro atoms. The van der Waals surface area contributed by atoms with Gasteiger partial charge in [-0.2, -0.15) is 0 Å². The van der Waals surface area contributed by atoms with E-state index in [4.69, 9.17) is 9.15 Å². The van der Waals surface area contributed by atoms with Crippen molar-refractivity contribution in [3.8, 4) is 11.5 Å². The van der Waals surface area contributed by atoms with Gasteiger partial charge in [0.25, 0.3) is 0 Å². The van der Waals surface area contributed by atoms with Crippen LogP contribution in [0, 0.1) is 0 Å². The van der Waals surface area contributed by atoms with Gasteiger partial charge in [-0.25, -0.2) is 4.79 Å². The monoisotopic (exact) mass is 339 g/mol. The van der Waals surface area contributed by atoms with E-state index in [0.29, 0.717) is 16.7 Å². The van der Waals surface area contributed by atoms with Gasteiger partial charge < -0.3 is 19.6 Å². The average molecular weight is 339 g/mol. The van der Waals surface area contributed by atoms with Crippen LogP contribution in [-0.2, 0) is 4.79 Å². The maximum absolute atomic E-state index is 12.5. The predicted molar refractivity (Wildman–Crippen MR) is 92.8 cm³/mol. The van der Waals surface area contributed by atoms with Crippen molar-refractivity contribution in [2.45, 2.75) is 13.0 Å². The van der Waals surface area contributed by atoms with Crippen molar-refractivity contribution in [1.29, 1.82) is 0 Å². The highest BCUT2D eigenvalue weighted by Crippen LogP contribution is 2.35. The van der Waals surface area contributed by atoms with Gasteiger partial charge in [-0.15, -0.1) is 0 Å².